The lowest BCUT2D eigenvalue weighted by Gasteiger charge is -2.04. The third-order valence-electron chi connectivity index (χ3n) is 5.68. The standard InChI is InChI=1S/C26H28N8O2S/c1-3-36-23-11-7-6-10-21(23)30-31-24-18(2)32-34(25(24)35)26-29-22(17-37-26)20-14-12-19(13-15-20)9-5-4-8-16-28-33-27/h6-7,10-15,17,32H,3-5,8-9,16H2,1-2H3. The number of thiazole rings is 1. The topological polar surface area (TPSA) is 133 Å². The first kappa shape index (κ1) is 25.9. The van der Waals surface area contributed by atoms with Gasteiger partial charge in [0.2, 0.25) is 5.13 Å². The van der Waals surface area contributed by atoms with E-state index >= 15 is 0 Å². The number of azide groups is 1. The van der Waals surface area contributed by atoms with Crippen LogP contribution in [-0.4, -0.2) is 27.9 Å². The molecule has 10 nitrogen and oxygen atoms in total. The fraction of sp³-hybridized carbons (Fsp3) is 0.308. The summed E-state index contributed by atoms with van der Waals surface area (Å²) in [6.45, 7) is 4.75. The molecule has 0 aliphatic rings. The molecule has 0 fully saturated rings. The maximum atomic E-state index is 13.1. The van der Waals surface area contributed by atoms with Crippen LogP contribution in [0.2, 0.25) is 0 Å². The number of aryl methyl sites for hydroxylation is 2. The number of rotatable bonds is 12. The van der Waals surface area contributed by atoms with Gasteiger partial charge in [0, 0.05) is 22.4 Å². The molecule has 4 rings (SSSR count). The second-order valence-electron chi connectivity index (χ2n) is 8.30. The Morgan fingerprint density at radius 1 is 1.11 bits per heavy atom. The molecule has 4 aromatic rings. The molecular formula is C26H28N8O2S. The van der Waals surface area contributed by atoms with E-state index in [2.05, 4.69) is 42.5 Å². The van der Waals surface area contributed by atoms with Crippen molar-refractivity contribution < 1.29 is 4.74 Å². The Hall–Kier alpha value is -4.21. The lowest BCUT2D eigenvalue weighted by atomic mass is 10.0. The molecule has 37 heavy (non-hydrogen) atoms. The quantitative estimate of drug-likeness (QED) is 0.0907. The van der Waals surface area contributed by atoms with Crippen LogP contribution in [0.25, 0.3) is 26.8 Å². The first-order valence-corrected chi connectivity index (χ1v) is 13.0. The Labute approximate surface area is 218 Å². The summed E-state index contributed by atoms with van der Waals surface area (Å²) in [5, 5.41) is 17.6. The van der Waals surface area contributed by atoms with Gasteiger partial charge >= 0.3 is 5.56 Å². The zero-order valence-electron chi connectivity index (χ0n) is 20.8. The van der Waals surface area contributed by atoms with Gasteiger partial charge in [-0.3, -0.25) is 9.89 Å². The minimum Gasteiger partial charge on any atom is -0.492 e. The fourth-order valence-corrected chi connectivity index (χ4v) is 4.58. The summed E-state index contributed by atoms with van der Waals surface area (Å²) in [5.74, 6) is 0.614. The molecule has 0 radical (unpaired) electrons. The first-order valence-electron chi connectivity index (χ1n) is 12.1. The molecule has 0 saturated carbocycles. The van der Waals surface area contributed by atoms with Crippen LogP contribution in [0.5, 0.6) is 5.75 Å². The number of nitrogens with one attached hydrogen (secondary N) is 1. The summed E-state index contributed by atoms with van der Waals surface area (Å²) < 4.78 is 6.98. The number of ether oxygens (including phenoxy) is 1. The minimum atomic E-state index is -0.313. The summed E-state index contributed by atoms with van der Waals surface area (Å²) in [5.41, 5.74) is 12.4. The second-order valence-corrected chi connectivity index (χ2v) is 9.14. The van der Waals surface area contributed by atoms with Crippen molar-refractivity contribution in [2.45, 2.75) is 39.5 Å². The predicted octanol–water partition coefficient (Wildman–Crippen LogP) is 7.43. The van der Waals surface area contributed by atoms with Crippen LogP contribution in [0, 0.1) is 6.92 Å². The molecule has 0 spiro atoms. The van der Waals surface area contributed by atoms with Crippen LogP contribution in [0.15, 0.2) is 74.0 Å². The molecule has 0 saturated heterocycles. The highest BCUT2D eigenvalue weighted by molar-refractivity contribution is 7.12. The van der Waals surface area contributed by atoms with E-state index in [1.807, 2.05) is 42.6 Å². The maximum absolute atomic E-state index is 13.1. The summed E-state index contributed by atoms with van der Waals surface area (Å²) in [4.78, 5) is 20.5. The third-order valence-corrected chi connectivity index (χ3v) is 6.51. The van der Waals surface area contributed by atoms with Crippen LogP contribution in [0.4, 0.5) is 11.4 Å². The van der Waals surface area contributed by atoms with Gasteiger partial charge in [0.1, 0.15) is 11.4 Å². The average Bonchev–Trinajstić information content (AvgIpc) is 3.51. The molecule has 1 N–H and O–H groups in total. The van der Waals surface area contributed by atoms with E-state index in [1.54, 1.807) is 13.0 Å². The van der Waals surface area contributed by atoms with Crippen molar-refractivity contribution in [3.63, 3.8) is 0 Å². The molecule has 0 aliphatic carbocycles. The maximum Gasteiger partial charge on any atom is 0.301 e. The summed E-state index contributed by atoms with van der Waals surface area (Å²) in [6.07, 6.45) is 3.96. The van der Waals surface area contributed by atoms with Crippen LogP contribution in [0.3, 0.4) is 0 Å². The van der Waals surface area contributed by atoms with E-state index in [1.165, 1.54) is 21.6 Å². The number of azo groups is 1. The molecular weight excluding hydrogens is 488 g/mol. The molecule has 2 aromatic carbocycles. The Morgan fingerprint density at radius 3 is 2.70 bits per heavy atom. The van der Waals surface area contributed by atoms with Crippen LogP contribution in [-0.2, 0) is 6.42 Å². The van der Waals surface area contributed by atoms with Crippen molar-refractivity contribution >= 4 is 22.7 Å². The number of aromatic amines is 1. The largest absolute Gasteiger partial charge is 0.492 e. The number of hydrogen-bond acceptors (Lipinski definition) is 7. The van der Waals surface area contributed by atoms with Crippen molar-refractivity contribution in [2.24, 2.45) is 15.3 Å². The number of nitrogens with zero attached hydrogens (tertiary/aromatic N) is 7. The lowest BCUT2D eigenvalue weighted by Crippen LogP contribution is -2.13. The Kier molecular flexibility index (Phi) is 8.85. The number of H-pyrrole nitrogens is 1. The molecule has 190 valence electrons. The van der Waals surface area contributed by atoms with E-state index in [-0.39, 0.29) is 11.2 Å². The van der Waals surface area contributed by atoms with E-state index in [9.17, 15) is 4.79 Å². The summed E-state index contributed by atoms with van der Waals surface area (Å²) in [6, 6.07) is 15.6. The van der Waals surface area contributed by atoms with Gasteiger partial charge < -0.3 is 4.74 Å². The third kappa shape index (κ3) is 6.52. The second kappa shape index (κ2) is 12.7. The Balaban J connectivity index is 1.46. The molecule has 2 aromatic heterocycles. The van der Waals surface area contributed by atoms with Crippen molar-refractivity contribution in [1.82, 2.24) is 14.8 Å². The monoisotopic (exact) mass is 516 g/mol. The van der Waals surface area contributed by atoms with Crippen molar-refractivity contribution in [2.75, 3.05) is 13.2 Å². The molecule has 0 atom stereocenters. The number of hydrogen-bond donors (Lipinski definition) is 1. The molecule has 0 unspecified atom stereocenters. The zero-order valence-corrected chi connectivity index (χ0v) is 21.6. The van der Waals surface area contributed by atoms with Gasteiger partial charge in [0.15, 0.2) is 5.69 Å². The molecule has 0 amide bonds. The van der Waals surface area contributed by atoms with Crippen LogP contribution >= 0.6 is 11.3 Å². The highest BCUT2D eigenvalue weighted by Crippen LogP contribution is 2.29. The van der Waals surface area contributed by atoms with Gasteiger partial charge in [-0.25, -0.2) is 4.98 Å². The molecule has 0 aliphatic heterocycles. The van der Waals surface area contributed by atoms with E-state index in [4.69, 9.17) is 10.3 Å². The fourth-order valence-electron chi connectivity index (χ4n) is 3.79. The molecule has 11 heteroatoms. The smallest absolute Gasteiger partial charge is 0.301 e. The van der Waals surface area contributed by atoms with Gasteiger partial charge in [-0.1, -0.05) is 47.9 Å². The minimum absolute atomic E-state index is 0.229. The first-order chi connectivity index (χ1) is 18.1. The lowest BCUT2D eigenvalue weighted by molar-refractivity contribution is 0.341. The van der Waals surface area contributed by atoms with Crippen LogP contribution in [0.1, 0.15) is 37.4 Å². The van der Waals surface area contributed by atoms with E-state index in [0.717, 1.165) is 36.9 Å². The number of unbranched alkanes of at least 4 members (excludes halogenated alkanes) is 2. The SMILES string of the molecule is CCOc1ccccc1N=Nc1c(C)[nH]n(-c2nc(-c3ccc(CCCCCN=[N+]=[N-])cc3)cs2)c1=O. The highest BCUT2D eigenvalue weighted by Gasteiger charge is 2.16. The number of aromatic nitrogens is 3. The van der Waals surface area contributed by atoms with Gasteiger partial charge in [-0.05, 0) is 56.3 Å². The van der Waals surface area contributed by atoms with Crippen molar-refractivity contribution in [1.29, 1.82) is 0 Å². The van der Waals surface area contributed by atoms with Crippen LogP contribution < -0.4 is 10.3 Å². The number of benzene rings is 2. The average molecular weight is 517 g/mol. The molecule has 2 heterocycles. The van der Waals surface area contributed by atoms with Crippen molar-refractivity contribution in [3.05, 3.63) is 86.0 Å². The number of para-hydroxylation sites is 1. The van der Waals surface area contributed by atoms with Gasteiger partial charge in [0.05, 0.1) is 18.0 Å². The predicted molar refractivity (Wildman–Crippen MR) is 146 cm³/mol. The van der Waals surface area contributed by atoms with E-state index in [0.29, 0.717) is 35.4 Å². The van der Waals surface area contributed by atoms with Gasteiger partial charge in [-0.2, -0.15) is 4.68 Å². The summed E-state index contributed by atoms with van der Waals surface area (Å²) >= 11 is 1.38. The normalized spacial score (nSPS) is 11.1. The molecule has 0 bridgehead atoms. The Morgan fingerprint density at radius 2 is 1.92 bits per heavy atom. The zero-order chi connectivity index (χ0) is 26.0. The van der Waals surface area contributed by atoms with E-state index < -0.39 is 0 Å². The summed E-state index contributed by atoms with van der Waals surface area (Å²) in [7, 11) is 0. The Bertz CT molecular complexity index is 1460. The highest BCUT2D eigenvalue weighted by atomic mass is 32.1. The van der Waals surface area contributed by atoms with Crippen molar-refractivity contribution in [3.8, 4) is 22.1 Å². The van der Waals surface area contributed by atoms with Gasteiger partial charge in [-0.15, -0.1) is 21.6 Å². The van der Waals surface area contributed by atoms with Gasteiger partial charge in [0.25, 0.3) is 0 Å².